The van der Waals surface area contributed by atoms with Gasteiger partial charge in [-0.2, -0.15) is 8.78 Å². The largest absolute Gasteiger partial charge is 0.510 e. The SMILES string of the molecule is CC1(OC(=O)OC2(C)CN([C@H]3C[C@@](O)([C@]4(n5cc(F)c(=O)[nH]c5=O)C[C@H](O)[C@@H](CO)O4)[C@@H](CO)O3)C(=O)NC2=O)CN([C@H]2C[C@@](O)([C@]3(n4cc(F)c(=O)[nH]c4=O)C[C@H](O)[C@@H](CO)O3)[C@@H](CO)O2)C(=O)NC1=O. The third kappa shape index (κ3) is 7.99. The number of H-pyrrole nitrogens is 2. The van der Waals surface area contributed by atoms with Gasteiger partial charge in [-0.05, 0) is 13.8 Å². The van der Waals surface area contributed by atoms with Crippen LogP contribution in [0.5, 0.6) is 0 Å². The van der Waals surface area contributed by atoms with Crippen LogP contribution in [0.1, 0.15) is 39.5 Å². The zero-order valence-corrected chi connectivity index (χ0v) is 37.6. The molecular formula is C39H48F2N8O23. The molecule has 0 spiro atoms. The van der Waals surface area contributed by atoms with Gasteiger partial charge in [-0.25, -0.2) is 24.0 Å². The van der Waals surface area contributed by atoms with Gasteiger partial charge in [0.2, 0.25) is 22.8 Å². The number of halogens is 2. The molecule has 0 aromatic carbocycles. The Balaban J connectivity index is 1.03. The van der Waals surface area contributed by atoms with Gasteiger partial charge < -0.3 is 69.3 Å². The molecule has 6 amide bonds. The van der Waals surface area contributed by atoms with E-state index in [2.05, 4.69) is 0 Å². The number of ether oxygens (including phenoxy) is 6. The molecule has 0 saturated carbocycles. The van der Waals surface area contributed by atoms with Crippen LogP contribution in [-0.2, 0) is 49.5 Å². The van der Waals surface area contributed by atoms with Crippen LogP contribution in [0.3, 0.4) is 0 Å². The third-order valence-corrected chi connectivity index (χ3v) is 14.0. The van der Waals surface area contributed by atoms with Gasteiger partial charge in [0.1, 0.15) is 48.1 Å². The molecule has 6 saturated heterocycles. The lowest BCUT2D eigenvalue weighted by Gasteiger charge is -2.45. The summed E-state index contributed by atoms with van der Waals surface area (Å²) in [7, 11) is 0. The number of aliphatic hydroxyl groups is 8. The van der Waals surface area contributed by atoms with Gasteiger partial charge >= 0.3 is 29.6 Å². The molecule has 2 aromatic rings. The van der Waals surface area contributed by atoms with Crippen molar-refractivity contribution in [3.8, 4) is 0 Å². The van der Waals surface area contributed by atoms with Gasteiger partial charge in [-0.15, -0.1) is 0 Å². The normalized spacial score (nSPS) is 39.1. The van der Waals surface area contributed by atoms with Crippen LogP contribution in [0.15, 0.2) is 31.6 Å². The first-order valence-electron chi connectivity index (χ1n) is 21.8. The van der Waals surface area contributed by atoms with Crippen LogP contribution < -0.4 is 33.1 Å². The van der Waals surface area contributed by atoms with Gasteiger partial charge in [0.05, 0.1) is 64.1 Å². The van der Waals surface area contributed by atoms with Crippen LogP contribution in [-0.4, -0.2) is 211 Å². The molecule has 2 unspecified atom stereocenters. The summed E-state index contributed by atoms with van der Waals surface area (Å²) >= 11 is 0. The Hall–Kier alpha value is -6.11. The van der Waals surface area contributed by atoms with Gasteiger partial charge in [0.25, 0.3) is 22.9 Å². The molecule has 72 heavy (non-hydrogen) atoms. The molecule has 0 bridgehead atoms. The number of aliphatic hydroxyl groups excluding tert-OH is 6. The molecule has 0 aliphatic carbocycles. The zero-order chi connectivity index (χ0) is 52.8. The predicted octanol–water partition coefficient (Wildman–Crippen LogP) is -7.59. The molecule has 31 nitrogen and oxygen atoms in total. The van der Waals surface area contributed by atoms with E-state index in [0.29, 0.717) is 31.3 Å². The van der Waals surface area contributed by atoms with Crippen molar-refractivity contribution in [2.75, 3.05) is 39.5 Å². The Morgan fingerprint density at radius 2 is 1.00 bits per heavy atom. The number of carbonyl (C=O) groups is 5. The summed E-state index contributed by atoms with van der Waals surface area (Å²) in [5.41, 5.74) is -21.6. The van der Waals surface area contributed by atoms with Crippen molar-refractivity contribution in [2.45, 2.75) is 122 Å². The monoisotopic (exact) mass is 1030 g/mol. The molecule has 12 N–H and O–H groups in total. The number of amides is 6. The topological polar surface area (TPSA) is 443 Å². The molecule has 6 aliphatic heterocycles. The van der Waals surface area contributed by atoms with Gasteiger partial charge in [-0.1, -0.05) is 0 Å². The van der Waals surface area contributed by atoms with Gasteiger partial charge in [0, 0.05) is 25.7 Å². The highest BCUT2D eigenvalue weighted by molar-refractivity contribution is 6.03. The maximum absolute atomic E-state index is 14.7. The van der Waals surface area contributed by atoms with Crippen molar-refractivity contribution in [3.63, 3.8) is 0 Å². The molecule has 0 radical (unpaired) electrons. The lowest BCUT2D eigenvalue weighted by Crippen LogP contribution is -2.68. The van der Waals surface area contributed by atoms with E-state index in [-0.39, 0.29) is 0 Å². The molecule has 14 atom stereocenters. The fraction of sp³-hybridized carbons (Fsp3) is 0.667. The number of imide groups is 2. The van der Waals surface area contributed by atoms with Crippen LogP contribution in [0.4, 0.5) is 23.2 Å². The van der Waals surface area contributed by atoms with Gasteiger partial charge in [0.15, 0.2) is 11.4 Å². The summed E-state index contributed by atoms with van der Waals surface area (Å²) in [6.07, 6.45) is -18.3. The number of aromatic nitrogens is 4. The minimum Gasteiger partial charge on any atom is -0.416 e. The molecule has 8 rings (SSSR count). The fourth-order valence-electron chi connectivity index (χ4n) is 10.2. The summed E-state index contributed by atoms with van der Waals surface area (Å²) < 4.78 is 64.3. The number of carbonyl (C=O) groups excluding carboxylic acids is 5. The second kappa shape index (κ2) is 18.1. The Kier molecular flexibility index (Phi) is 13.1. The lowest BCUT2D eigenvalue weighted by molar-refractivity contribution is -0.250. The summed E-state index contributed by atoms with van der Waals surface area (Å²) in [5, 5.41) is 91.1. The van der Waals surface area contributed by atoms with E-state index in [1.165, 1.54) is 0 Å². The van der Waals surface area contributed by atoms with Gasteiger partial charge in [-0.3, -0.25) is 58.7 Å². The first kappa shape index (κ1) is 52.2. The second-order valence-corrected chi connectivity index (χ2v) is 18.5. The summed E-state index contributed by atoms with van der Waals surface area (Å²) in [5.74, 6) is -5.72. The Labute approximate surface area is 399 Å². The lowest BCUT2D eigenvalue weighted by atomic mass is 9.80. The maximum Gasteiger partial charge on any atom is 0.510 e. The molecule has 6 fully saturated rings. The number of hydrogen-bond acceptors (Lipinski definition) is 23. The third-order valence-electron chi connectivity index (χ3n) is 14.0. The number of nitrogens with one attached hydrogen (secondary N) is 4. The highest BCUT2D eigenvalue weighted by Crippen LogP contribution is 2.53. The summed E-state index contributed by atoms with van der Waals surface area (Å²) in [4.78, 5) is 122. The van der Waals surface area contributed by atoms with Crippen LogP contribution >= 0.6 is 0 Å². The van der Waals surface area contributed by atoms with E-state index in [4.69, 9.17) is 28.4 Å². The van der Waals surface area contributed by atoms with E-state index in [9.17, 15) is 92.8 Å². The van der Waals surface area contributed by atoms with E-state index in [0.717, 1.165) is 13.8 Å². The first-order valence-corrected chi connectivity index (χ1v) is 21.8. The molecule has 2 aromatic heterocycles. The Morgan fingerprint density at radius 3 is 1.32 bits per heavy atom. The molecule has 6 aliphatic rings. The number of hydrogen-bond donors (Lipinski definition) is 12. The highest BCUT2D eigenvalue weighted by Gasteiger charge is 2.70. The average Bonchev–Trinajstić information content (AvgIpc) is 4.06. The first-order chi connectivity index (χ1) is 33.7. The number of rotatable bonds is 12. The fourth-order valence-corrected chi connectivity index (χ4v) is 10.2. The second-order valence-electron chi connectivity index (χ2n) is 18.5. The number of urea groups is 2. The van der Waals surface area contributed by atoms with E-state index in [1.807, 2.05) is 10.6 Å². The van der Waals surface area contributed by atoms with Crippen molar-refractivity contribution in [2.24, 2.45) is 0 Å². The van der Waals surface area contributed by atoms with E-state index in [1.54, 1.807) is 9.97 Å². The maximum atomic E-state index is 14.7. The Morgan fingerprint density at radius 1 is 0.639 bits per heavy atom. The molecular weight excluding hydrogens is 986 g/mol. The predicted molar refractivity (Wildman–Crippen MR) is 219 cm³/mol. The van der Waals surface area contributed by atoms with Crippen molar-refractivity contribution < 1.29 is 102 Å². The quantitative estimate of drug-likeness (QED) is 0.0879. The highest BCUT2D eigenvalue weighted by atomic mass is 19.1. The molecule has 396 valence electrons. The summed E-state index contributed by atoms with van der Waals surface area (Å²) in [6, 6.07) is -2.51. The van der Waals surface area contributed by atoms with E-state index >= 15 is 0 Å². The zero-order valence-electron chi connectivity index (χ0n) is 37.6. The number of nitrogens with zero attached hydrogens (tertiary/aromatic N) is 4. The van der Waals surface area contributed by atoms with E-state index < -0.39 is 212 Å². The van der Waals surface area contributed by atoms with Crippen molar-refractivity contribution in [1.82, 2.24) is 39.5 Å². The summed E-state index contributed by atoms with van der Waals surface area (Å²) in [6.45, 7) is -4.11. The van der Waals surface area contributed by atoms with Crippen molar-refractivity contribution >= 4 is 30.0 Å². The van der Waals surface area contributed by atoms with Crippen molar-refractivity contribution in [1.29, 1.82) is 0 Å². The van der Waals surface area contributed by atoms with Crippen LogP contribution in [0.25, 0.3) is 0 Å². The molecule has 33 heteroatoms. The number of aromatic amines is 2. The van der Waals surface area contributed by atoms with Crippen LogP contribution in [0, 0.1) is 11.6 Å². The minimum atomic E-state index is -2.77. The smallest absolute Gasteiger partial charge is 0.416 e. The standard InChI is InChI=1S/C39H48F2N8O23/c1-34(13-46(29(60)44-27(34)58)23-5-36(65,21(11-52)67-23)38(3-17(54)19(9-50)69-38)48-7-15(40)25(56)42-31(48)62)71-33(64)72-35(2)14-47(30(61)45-28(35)59)24-6-37(66,22(12-53)68-24)39(4-18(55)20(10-51)70-39)49-8-16(41)26(57)43-32(49)63/h7-8,17-24,50-55,65-66H,3-6,9-14H2,1-2H3,(H,42,56,62)(H,43,57,63)(H,44,58,60)(H,45,59,61)/t17-,18-,19+,20+,21+,22+,23+,24+,34?,35?,36-,37-,38-,39-/m0/s1. The Bertz CT molecular complexity index is 2630. The average molecular weight is 1030 g/mol. The minimum absolute atomic E-state index is 0.342. The van der Waals surface area contributed by atoms with Crippen molar-refractivity contribution in [3.05, 3.63) is 65.7 Å². The molecule has 8 heterocycles. The van der Waals surface area contributed by atoms with Crippen LogP contribution in [0.2, 0.25) is 0 Å².